The average molecular weight is 202 g/mol. The Kier molecular flexibility index (Phi) is 4.56. The van der Waals surface area contributed by atoms with Crippen LogP contribution < -0.4 is 5.73 Å². The van der Waals surface area contributed by atoms with Gasteiger partial charge in [0.15, 0.2) is 0 Å². The van der Waals surface area contributed by atoms with Crippen LogP contribution in [0.25, 0.3) is 0 Å². The van der Waals surface area contributed by atoms with Crippen molar-refractivity contribution in [2.24, 2.45) is 11.1 Å². The molecule has 0 saturated heterocycles. The highest BCUT2D eigenvalue weighted by atomic mass is 16.4. The number of rotatable bonds is 5. The number of amides is 1. The van der Waals surface area contributed by atoms with E-state index in [0.717, 1.165) is 0 Å². The fourth-order valence-electron chi connectivity index (χ4n) is 1.12. The zero-order valence-electron chi connectivity index (χ0n) is 8.91. The molecular weight excluding hydrogens is 184 g/mol. The first-order valence-electron chi connectivity index (χ1n) is 4.54. The third-order valence-corrected chi connectivity index (χ3v) is 2.47. The van der Waals surface area contributed by atoms with E-state index in [1.807, 2.05) is 6.92 Å². The van der Waals surface area contributed by atoms with Crippen LogP contribution in [0.2, 0.25) is 0 Å². The van der Waals surface area contributed by atoms with Gasteiger partial charge < -0.3 is 15.7 Å². The fourth-order valence-corrected chi connectivity index (χ4v) is 1.12. The van der Waals surface area contributed by atoms with Gasteiger partial charge >= 0.3 is 5.97 Å². The van der Waals surface area contributed by atoms with E-state index in [1.54, 1.807) is 6.92 Å². The number of nitrogens with zero attached hydrogens (tertiary/aromatic N) is 1. The molecular formula is C9H18N2O3. The maximum atomic E-state index is 11.7. The molecule has 0 aliphatic heterocycles. The van der Waals surface area contributed by atoms with Crippen molar-refractivity contribution in [1.29, 1.82) is 0 Å². The molecule has 5 heteroatoms. The highest BCUT2D eigenvalue weighted by Crippen LogP contribution is 2.21. The fraction of sp³-hybridized carbons (Fsp3) is 0.778. The number of nitrogens with two attached hydrogens (primary N) is 1. The van der Waals surface area contributed by atoms with E-state index in [-0.39, 0.29) is 19.0 Å². The van der Waals surface area contributed by atoms with Crippen molar-refractivity contribution < 1.29 is 14.7 Å². The summed E-state index contributed by atoms with van der Waals surface area (Å²) in [7, 11) is 1.47. The third-order valence-electron chi connectivity index (χ3n) is 2.47. The summed E-state index contributed by atoms with van der Waals surface area (Å²) in [5.41, 5.74) is 4.84. The summed E-state index contributed by atoms with van der Waals surface area (Å²) in [5.74, 6) is -1.23. The van der Waals surface area contributed by atoms with Gasteiger partial charge in [0.2, 0.25) is 5.91 Å². The molecule has 0 spiro atoms. The Hall–Kier alpha value is -1.10. The molecule has 0 aromatic heterocycles. The van der Waals surface area contributed by atoms with E-state index >= 15 is 0 Å². The van der Waals surface area contributed by atoms with Crippen molar-refractivity contribution in [2.45, 2.75) is 20.3 Å². The summed E-state index contributed by atoms with van der Waals surface area (Å²) in [6.07, 6.45) is 0.603. The van der Waals surface area contributed by atoms with Crippen LogP contribution in [0.3, 0.4) is 0 Å². The Labute approximate surface area is 83.9 Å². The van der Waals surface area contributed by atoms with Gasteiger partial charge in [0.1, 0.15) is 6.54 Å². The minimum absolute atomic E-state index is 0.218. The molecule has 0 aromatic rings. The van der Waals surface area contributed by atoms with Crippen LogP contribution in [0, 0.1) is 5.41 Å². The Balaban J connectivity index is 4.50. The zero-order valence-corrected chi connectivity index (χ0v) is 8.91. The minimum Gasteiger partial charge on any atom is -0.480 e. The lowest BCUT2D eigenvalue weighted by Crippen LogP contribution is -2.46. The van der Waals surface area contributed by atoms with Crippen molar-refractivity contribution in [3.8, 4) is 0 Å². The molecule has 0 rings (SSSR count). The standard InChI is InChI=1S/C9H18N2O3/c1-4-9(2,6-10)8(14)11(3)5-7(12)13/h4-6,10H2,1-3H3,(H,12,13). The topological polar surface area (TPSA) is 83.6 Å². The normalized spacial score (nSPS) is 14.6. The van der Waals surface area contributed by atoms with Crippen LogP contribution in [0.1, 0.15) is 20.3 Å². The van der Waals surface area contributed by atoms with E-state index in [0.29, 0.717) is 6.42 Å². The maximum Gasteiger partial charge on any atom is 0.323 e. The average Bonchev–Trinajstić information content (AvgIpc) is 2.14. The van der Waals surface area contributed by atoms with Crippen LogP contribution in [-0.2, 0) is 9.59 Å². The van der Waals surface area contributed by atoms with E-state index in [9.17, 15) is 9.59 Å². The molecule has 5 nitrogen and oxygen atoms in total. The monoisotopic (exact) mass is 202 g/mol. The summed E-state index contributed by atoms with van der Waals surface area (Å²) in [6, 6.07) is 0. The first-order chi connectivity index (χ1) is 6.37. The summed E-state index contributed by atoms with van der Waals surface area (Å²) in [6.45, 7) is 3.55. The molecule has 0 saturated carbocycles. The van der Waals surface area contributed by atoms with E-state index in [1.165, 1.54) is 11.9 Å². The van der Waals surface area contributed by atoms with Crippen LogP contribution >= 0.6 is 0 Å². The van der Waals surface area contributed by atoms with Gasteiger partial charge in [-0.05, 0) is 13.3 Å². The molecule has 14 heavy (non-hydrogen) atoms. The van der Waals surface area contributed by atoms with Crippen LogP contribution in [0.4, 0.5) is 0 Å². The molecule has 82 valence electrons. The van der Waals surface area contributed by atoms with Crippen molar-refractivity contribution in [1.82, 2.24) is 4.90 Å². The number of hydrogen-bond acceptors (Lipinski definition) is 3. The Morgan fingerprint density at radius 1 is 1.50 bits per heavy atom. The van der Waals surface area contributed by atoms with Gasteiger partial charge in [-0.25, -0.2) is 0 Å². The highest BCUT2D eigenvalue weighted by molar-refractivity contribution is 5.85. The van der Waals surface area contributed by atoms with Gasteiger partial charge in [0, 0.05) is 13.6 Å². The first-order valence-corrected chi connectivity index (χ1v) is 4.54. The predicted octanol–water partition coefficient (Wildman–Crippen LogP) is -0.0956. The molecule has 0 radical (unpaired) electrons. The summed E-state index contributed by atoms with van der Waals surface area (Å²) in [4.78, 5) is 23.3. The number of carboxylic acid groups (broad SMARTS) is 1. The number of carbonyl (C=O) groups is 2. The maximum absolute atomic E-state index is 11.7. The molecule has 3 N–H and O–H groups in total. The second-order valence-corrected chi connectivity index (χ2v) is 3.67. The van der Waals surface area contributed by atoms with E-state index in [4.69, 9.17) is 10.8 Å². The smallest absolute Gasteiger partial charge is 0.323 e. The molecule has 0 aliphatic carbocycles. The van der Waals surface area contributed by atoms with Crippen LogP contribution in [0.5, 0.6) is 0 Å². The highest BCUT2D eigenvalue weighted by Gasteiger charge is 2.32. The van der Waals surface area contributed by atoms with E-state index < -0.39 is 11.4 Å². The number of hydrogen-bond donors (Lipinski definition) is 2. The van der Waals surface area contributed by atoms with Gasteiger partial charge in [-0.2, -0.15) is 0 Å². The van der Waals surface area contributed by atoms with Crippen molar-refractivity contribution in [3.63, 3.8) is 0 Å². The van der Waals surface area contributed by atoms with Gasteiger partial charge in [-0.1, -0.05) is 6.92 Å². The lowest BCUT2D eigenvalue weighted by atomic mass is 9.86. The van der Waals surface area contributed by atoms with Gasteiger partial charge in [-0.3, -0.25) is 9.59 Å². The number of carbonyl (C=O) groups excluding carboxylic acids is 1. The second kappa shape index (κ2) is 4.95. The van der Waals surface area contributed by atoms with Crippen molar-refractivity contribution >= 4 is 11.9 Å². The van der Waals surface area contributed by atoms with Gasteiger partial charge in [-0.15, -0.1) is 0 Å². The molecule has 1 amide bonds. The molecule has 1 unspecified atom stereocenters. The Morgan fingerprint density at radius 3 is 2.29 bits per heavy atom. The van der Waals surface area contributed by atoms with Crippen molar-refractivity contribution in [2.75, 3.05) is 20.1 Å². The molecule has 0 bridgehead atoms. The SMILES string of the molecule is CCC(C)(CN)C(=O)N(C)CC(=O)O. The minimum atomic E-state index is -1.02. The quantitative estimate of drug-likeness (QED) is 0.652. The molecule has 1 atom stereocenters. The van der Waals surface area contributed by atoms with Crippen LogP contribution in [0.15, 0.2) is 0 Å². The second-order valence-electron chi connectivity index (χ2n) is 3.67. The summed E-state index contributed by atoms with van der Waals surface area (Å²) in [5, 5.41) is 8.52. The van der Waals surface area contributed by atoms with Crippen molar-refractivity contribution in [3.05, 3.63) is 0 Å². The molecule has 0 heterocycles. The molecule has 0 aromatic carbocycles. The Bertz CT molecular complexity index is 224. The predicted molar refractivity (Wildman–Crippen MR) is 52.7 cm³/mol. The zero-order chi connectivity index (χ0) is 11.4. The number of carboxylic acids is 1. The molecule has 0 aliphatic rings. The lowest BCUT2D eigenvalue weighted by molar-refractivity contribution is -0.147. The van der Waals surface area contributed by atoms with Gasteiger partial charge in [0.25, 0.3) is 0 Å². The Morgan fingerprint density at radius 2 is 2.00 bits per heavy atom. The summed E-state index contributed by atoms with van der Waals surface area (Å²) >= 11 is 0. The van der Waals surface area contributed by atoms with Crippen LogP contribution in [-0.4, -0.2) is 42.0 Å². The molecule has 0 fully saturated rings. The van der Waals surface area contributed by atoms with E-state index in [2.05, 4.69) is 0 Å². The number of aliphatic carboxylic acids is 1. The lowest BCUT2D eigenvalue weighted by Gasteiger charge is -2.29. The number of likely N-dealkylation sites (N-methyl/N-ethyl adjacent to an activating group) is 1. The first kappa shape index (κ1) is 12.9. The van der Waals surface area contributed by atoms with Gasteiger partial charge in [0.05, 0.1) is 5.41 Å². The summed E-state index contributed by atoms with van der Waals surface area (Å²) < 4.78 is 0. The largest absolute Gasteiger partial charge is 0.480 e. The third kappa shape index (κ3) is 2.99.